The van der Waals surface area contributed by atoms with Crippen LogP contribution in [0.15, 0.2) is 66.0 Å². The van der Waals surface area contributed by atoms with Crippen LogP contribution in [0.25, 0.3) is 0 Å². The highest BCUT2D eigenvalue weighted by Gasteiger charge is 2.52. The number of nitrogens with one attached hydrogen (secondary N) is 1. The van der Waals surface area contributed by atoms with Gasteiger partial charge in [-0.2, -0.15) is 0 Å². The van der Waals surface area contributed by atoms with E-state index in [1.807, 2.05) is 73.0 Å². The van der Waals surface area contributed by atoms with E-state index in [2.05, 4.69) is 10.3 Å². The summed E-state index contributed by atoms with van der Waals surface area (Å²) in [4.78, 5) is 32.1. The van der Waals surface area contributed by atoms with Crippen molar-refractivity contribution in [3.05, 3.63) is 87.9 Å². The molecule has 1 unspecified atom stereocenters. The van der Waals surface area contributed by atoms with E-state index >= 15 is 0 Å². The summed E-state index contributed by atoms with van der Waals surface area (Å²) in [6.45, 7) is 2.22. The zero-order chi connectivity index (χ0) is 19.6. The average Bonchev–Trinajstić information content (AvgIpc) is 3.28. The van der Waals surface area contributed by atoms with Crippen molar-refractivity contribution in [2.24, 2.45) is 0 Å². The van der Waals surface area contributed by atoms with Gasteiger partial charge in [-0.15, -0.1) is 11.3 Å². The standard InChI is InChI=1S/C22H21N3O2S/c1-2-19-23-18(15-28-19)14-25-20(26)22(24-21(25)27,17-11-7-4-8-12-17)13-16-9-5-3-6-10-16/h3-12,15H,2,13-14H2,1H3,(H,24,27). The maximum absolute atomic E-state index is 13.5. The lowest BCUT2D eigenvalue weighted by molar-refractivity contribution is -0.132. The van der Waals surface area contributed by atoms with E-state index in [-0.39, 0.29) is 18.5 Å². The van der Waals surface area contributed by atoms with Gasteiger partial charge in [0.15, 0.2) is 5.54 Å². The number of benzene rings is 2. The predicted molar refractivity (Wildman–Crippen MR) is 109 cm³/mol. The van der Waals surface area contributed by atoms with Crippen LogP contribution in [0.3, 0.4) is 0 Å². The van der Waals surface area contributed by atoms with Gasteiger partial charge < -0.3 is 5.32 Å². The van der Waals surface area contributed by atoms with Gasteiger partial charge in [-0.05, 0) is 17.5 Å². The summed E-state index contributed by atoms with van der Waals surface area (Å²) in [6.07, 6.45) is 1.24. The van der Waals surface area contributed by atoms with Crippen molar-refractivity contribution < 1.29 is 9.59 Å². The smallest absolute Gasteiger partial charge is 0.319 e. The summed E-state index contributed by atoms with van der Waals surface area (Å²) >= 11 is 1.55. The first-order chi connectivity index (χ1) is 13.6. The van der Waals surface area contributed by atoms with E-state index in [0.29, 0.717) is 6.42 Å². The zero-order valence-corrected chi connectivity index (χ0v) is 16.4. The first-order valence-electron chi connectivity index (χ1n) is 9.29. The highest BCUT2D eigenvalue weighted by atomic mass is 32.1. The molecule has 28 heavy (non-hydrogen) atoms. The molecule has 0 aliphatic carbocycles. The van der Waals surface area contributed by atoms with Crippen molar-refractivity contribution in [3.63, 3.8) is 0 Å². The van der Waals surface area contributed by atoms with Crippen molar-refractivity contribution in [1.29, 1.82) is 0 Å². The molecule has 142 valence electrons. The molecule has 5 nitrogen and oxygen atoms in total. The molecule has 6 heteroatoms. The molecule has 3 aromatic rings. The lowest BCUT2D eigenvalue weighted by Crippen LogP contribution is -2.46. The molecular formula is C22H21N3O2S. The van der Waals surface area contributed by atoms with E-state index in [4.69, 9.17) is 0 Å². The van der Waals surface area contributed by atoms with Crippen molar-refractivity contribution in [1.82, 2.24) is 15.2 Å². The number of urea groups is 1. The molecule has 0 saturated carbocycles. The number of nitrogens with zero attached hydrogens (tertiary/aromatic N) is 2. The highest BCUT2D eigenvalue weighted by molar-refractivity contribution is 7.09. The molecule has 1 saturated heterocycles. The van der Waals surface area contributed by atoms with Crippen molar-refractivity contribution >= 4 is 23.3 Å². The van der Waals surface area contributed by atoms with Gasteiger partial charge in [-0.25, -0.2) is 9.78 Å². The third-order valence-electron chi connectivity index (χ3n) is 4.98. The number of aryl methyl sites for hydroxylation is 1. The Hall–Kier alpha value is -2.99. The molecule has 0 radical (unpaired) electrons. The van der Waals surface area contributed by atoms with Gasteiger partial charge in [-0.3, -0.25) is 9.69 Å². The maximum atomic E-state index is 13.5. The third-order valence-corrected chi connectivity index (χ3v) is 6.02. The Morgan fingerprint density at radius 1 is 1.04 bits per heavy atom. The molecule has 1 aliphatic heterocycles. The van der Waals surface area contributed by atoms with Crippen molar-refractivity contribution in [2.75, 3.05) is 0 Å². The van der Waals surface area contributed by atoms with E-state index in [0.717, 1.165) is 28.2 Å². The van der Waals surface area contributed by atoms with Crippen molar-refractivity contribution in [2.45, 2.75) is 31.8 Å². The summed E-state index contributed by atoms with van der Waals surface area (Å²) in [5.41, 5.74) is 1.41. The number of carbonyl (C=O) groups excluding carboxylic acids is 2. The molecule has 1 aromatic heterocycles. The largest absolute Gasteiger partial charge is 0.325 e. The van der Waals surface area contributed by atoms with Crippen molar-refractivity contribution in [3.8, 4) is 0 Å². The van der Waals surface area contributed by atoms with Crippen LogP contribution in [0.2, 0.25) is 0 Å². The van der Waals surface area contributed by atoms with E-state index in [1.165, 1.54) is 4.90 Å². The fourth-order valence-corrected chi connectivity index (χ4v) is 4.29. The number of thiazole rings is 1. The molecule has 1 N–H and O–H groups in total. The Morgan fingerprint density at radius 2 is 1.71 bits per heavy atom. The minimum atomic E-state index is -1.11. The minimum Gasteiger partial charge on any atom is -0.319 e. The van der Waals surface area contributed by atoms with Gasteiger partial charge in [-0.1, -0.05) is 67.6 Å². The zero-order valence-electron chi connectivity index (χ0n) is 15.6. The van der Waals surface area contributed by atoms with E-state index < -0.39 is 5.54 Å². The number of imide groups is 1. The number of amides is 3. The van der Waals surface area contributed by atoms with Crippen LogP contribution in [0.5, 0.6) is 0 Å². The third kappa shape index (κ3) is 3.31. The molecular weight excluding hydrogens is 370 g/mol. The van der Waals surface area contributed by atoms with Crippen LogP contribution in [0.1, 0.15) is 28.8 Å². The Morgan fingerprint density at radius 3 is 2.36 bits per heavy atom. The molecule has 0 spiro atoms. The van der Waals surface area contributed by atoms with Gasteiger partial charge in [0, 0.05) is 11.8 Å². The number of hydrogen-bond acceptors (Lipinski definition) is 4. The summed E-state index contributed by atoms with van der Waals surface area (Å²) in [7, 11) is 0. The van der Waals surface area contributed by atoms with Gasteiger partial charge in [0.1, 0.15) is 0 Å². The Balaban J connectivity index is 1.70. The van der Waals surface area contributed by atoms with E-state index in [9.17, 15) is 9.59 Å². The summed E-state index contributed by atoms with van der Waals surface area (Å²) in [5.74, 6) is -0.237. The number of aromatic nitrogens is 1. The Bertz CT molecular complexity index is 987. The number of carbonyl (C=O) groups is 2. The quantitative estimate of drug-likeness (QED) is 0.649. The van der Waals surface area contributed by atoms with Crippen LogP contribution in [0.4, 0.5) is 4.79 Å². The van der Waals surface area contributed by atoms with Crippen LogP contribution >= 0.6 is 11.3 Å². The van der Waals surface area contributed by atoms with Crippen LogP contribution < -0.4 is 5.32 Å². The number of rotatable bonds is 6. The average molecular weight is 391 g/mol. The maximum Gasteiger partial charge on any atom is 0.325 e. The fraction of sp³-hybridized carbons (Fsp3) is 0.227. The summed E-state index contributed by atoms with van der Waals surface area (Å²) < 4.78 is 0. The predicted octanol–water partition coefficient (Wildman–Crippen LogP) is 3.90. The lowest BCUT2D eigenvalue weighted by Gasteiger charge is -2.27. The monoisotopic (exact) mass is 391 g/mol. The topological polar surface area (TPSA) is 62.3 Å². The minimum absolute atomic E-state index is 0.185. The molecule has 1 atom stereocenters. The summed E-state index contributed by atoms with van der Waals surface area (Å²) in [5, 5.41) is 5.90. The van der Waals surface area contributed by atoms with Gasteiger partial charge in [0.25, 0.3) is 5.91 Å². The molecule has 2 heterocycles. The van der Waals surface area contributed by atoms with Crippen LogP contribution in [-0.4, -0.2) is 21.8 Å². The molecule has 1 fully saturated rings. The molecule has 1 aliphatic rings. The van der Waals surface area contributed by atoms with E-state index in [1.54, 1.807) is 11.3 Å². The number of hydrogen-bond donors (Lipinski definition) is 1. The molecule has 3 amide bonds. The second kappa shape index (κ2) is 7.56. The van der Waals surface area contributed by atoms with Gasteiger partial charge >= 0.3 is 6.03 Å². The molecule has 2 aromatic carbocycles. The van der Waals surface area contributed by atoms with Crippen LogP contribution in [0, 0.1) is 0 Å². The first-order valence-corrected chi connectivity index (χ1v) is 10.2. The van der Waals surface area contributed by atoms with Crippen LogP contribution in [-0.2, 0) is 29.7 Å². The summed E-state index contributed by atoms with van der Waals surface area (Å²) in [6, 6.07) is 18.8. The normalized spacial score (nSPS) is 19.1. The van der Waals surface area contributed by atoms with Gasteiger partial charge in [0.2, 0.25) is 0 Å². The van der Waals surface area contributed by atoms with Gasteiger partial charge in [0.05, 0.1) is 17.2 Å². The highest BCUT2D eigenvalue weighted by Crippen LogP contribution is 2.33. The second-order valence-corrected chi connectivity index (χ2v) is 7.78. The second-order valence-electron chi connectivity index (χ2n) is 6.84. The Kier molecular flexibility index (Phi) is 4.96. The SMILES string of the molecule is CCc1nc(CN2C(=O)NC(Cc3ccccc3)(c3ccccc3)C2=O)cs1. The molecule has 0 bridgehead atoms. The lowest BCUT2D eigenvalue weighted by atomic mass is 9.83. The molecule has 4 rings (SSSR count). The Labute approximate surface area is 168 Å². The first kappa shape index (κ1) is 18.4. The fourth-order valence-electron chi connectivity index (χ4n) is 3.56.